The van der Waals surface area contributed by atoms with Gasteiger partial charge < -0.3 is 19.5 Å². The van der Waals surface area contributed by atoms with Gasteiger partial charge >= 0.3 is 5.97 Å². The highest BCUT2D eigenvalue weighted by Crippen LogP contribution is 2.28. The summed E-state index contributed by atoms with van der Waals surface area (Å²) >= 11 is 0. The largest absolute Gasteiger partial charge is 0.507 e. The maximum atomic E-state index is 12.3. The molecule has 1 N–H and O–H groups in total. The Bertz CT molecular complexity index is 905. The first-order valence-electron chi connectivity index (χ1n) is 7.87. The average molecular weight is 355 g/mol. The molecule has 7 nitrogen and oxygen atoms in total. The molecule has 0 unspecified atom stereocenters. The Morgan fingerprint density at radius 2 is 1.96 bits per heavy atom. The molecule has 1 aliphatic rings. The maximum Gasteiger partial charge on any atom is 0.342 e. The van der Waals surface area contributed by atoms with Gasteiger partial charge in [-0.05, 0) is 35.9 Å². The Kier molecular flexibility index (Phi) is 4.62. The van der Waals surface area contributed by atoms with Gasteiger partial charge in [0.05, 0.1) is 13.5 Å². The quantitative estimate of drug-likeness (QED) is 0.651. The molecule has 2 aromatic rings. The lowest BCUT2D eigenvalue weighted by Crippen LogP contribution is -2.20. The van der Waals surface area contributed by atoms with Crippen molar-refractivity contribution in [2.24, 2.45) is 0 Å². The molecule has 0 atom stereocenters. The van der Waals surface area contributed by atoms with Gasteiger partial charge in [-0.25, -0.2) is 4.79 Å². The second-order valence-electron chi connectivity index (χ2n) is 5.86. The molecular weight excluding hydrogens is 338 g/mol. The highest BCUT2D eigenvalue weighted by molar-refractivity contribution is 6.04. The molecule has 0 aromatic heterocycles. The van der Waals surface area contributed by atoms with Crippen LogP contribution in [-0.2, 0) is 16.0 Å². The van der Waals surface area contributed by atoms with Crippen LogP contribution >= 0.6 is 0 Å². The minimum atomic E-state index is -0.811. The molecule has 1 aliphatic heterocycles. The Labute approximate surface area is 149 Å². The number of phenolic OH excluding ortho intramolecular Hbond substituents is 1. The SMILES string of the molecule is COc1ccc(C(=O)OCC(=O)c2ccc3c(c2)CC(=O)N3C)c(O)c1. The van der Waals surface area contributed by atoms with Crippen molar-refractivity contribution in [1.29, 1.82) is 0 Å². The van der Waals surface area contributed by atoms with Crippen molar-refractivity contribution in [3.8, 4) is 11.5 Å². The number of hydrogen-bond donors (Lipinski definition) is 1. The molecule has 0 spiro atoms. The smallest absolute Gasteiger partial charge is 0.342 e. The first-order valence-corrected chi connectivity index (χ1v) is 7.87. The summed E-state index contributed by atoms with van der Waals surface area (Å²) in [5.74, 6) is -1.13. The number of aromatic hydroxyl groups is 1. The zero-order valence-electron chi connectivity index (χ0n) is 14.3. The Morgan fingerprint density at radius 3 is 2.65 bits per heavy atom. The number of carbonyl (C=O) groups is 3. The summed E-state index contributed by atoms with van der Waals surface area (Å²) in [6, 6.07) is 9.08. The molecular formula is C19H17NO6. The number of esters is 1. The van der Waals surface area contributed by atoms with E-state index in [9.17, 15) is 19.5 Å². The van der Waals surface area contributed by atoms with Crippen LogP contribution in [0.1, 0.15) is 26.3 Å². The molecule has 0 aliphatic carbocycles. The fourth-order valence-corrected chi connectivity index (χ4v) is 2.75. The topological polar surface area (TPSA) is 93.1 Å². The second-order valence-corrected chi connectivity index (χ2v) is 5.86. The molecule has 3 rings (SSSR count). The van der Waals surface area contributed by atoms with Crippen LogP contribution < -0.4 is 9.64 Å². The molecule has 1 heterocycles. The number of anilines is 1. The maximum absolute atomic E-state index is 12.3. The van der Waals surface area contributed by atoms with Gasteiger partial charge in [-0.1, -0.05) is 0 Å². The van der Waals surface area contributed by atoms with E-state index < -0.39 is 18.4 Å². The normalized spacial score (nSPS) is 12.7. The lowest BCUT2D eigenvalue weighted by molar-refractivity contribution is -0.117. The number of amides is 1. The van der Waals surface area contributed by atoms with E-state index in [0.29, 0.717) is 11.3 Å². The number of likely N-dealkylation sites (N-methyl/N-ethyl adjacent to an activating group) is 1. The Hall–Kier alpha value is -3.35. The van der Waals surface area contributed by atoms with Crippen LogP contribution in [0.2, 0.25) is 0 Å². The molecule has 1 amide bonds. The summed E-state index contributed by atoms with van der Waals surface area (Å²) in [5.41, 5.74) is 1.84. The van der Waals surface area contributed by atoms with Crippen LogP contribution in [0.15, 0.2) is 36.4 Å². The first-order chi connectivity index (χ1) is 12.4. The van der Waals surface area contributed by atoms with E-state index in [0.717, 1.165) is 11.3 Å². The summed E-state index contributed by atoms with van der Waals surface area (Å²) in [6.45, 7) is -0.465. The van der Waals surface area contributed by atoms with Gasteiger partial charge in [-0.3, -0.25) is 9.59 Å². The first kappa shape index (κ1) is 17.5. The van der Waals surface area contributed by atoms with Gasteiger partial charge in [0.1, 0.15) is 17.1 Å². The number of nitrogens with zero attached hydrogens (tertiary/aromatic N) is 1. The summed E-state index contributed by atoms with van der Waals surface area (Å²) in [6.07, 6.45) is 0.243. The van der Waals surface area contributed by atoms with E-state index in [2.05, 4.69) is 0 Å². The predicted octanol–water partition coefficient (Wildman–Crippen LogP) is 1.96. The predicted molar refractivity (Wildman–Crippen MR) is 92.8 cm³/mol. The standard InChI is InChI=1S/C19H17NO6/c1-20-15-6-3-11(7-12(15)8-18(20)23)17(22)10-26-19(24)14-5-4-13(25-2)9-16(14)21/h3-7,9,21H,8,10H2,1-2H3. The molecule has 0 fully saturated rings. The number of methoxy groups -OCH3 is 1. The van der Waals surface area contributed by atoms with Crippen LogP contribution in [0.5, 0.6) is 11.5 Å². The van der Waals surface area contributed by atoms with Crippen LogP contribution in [0.25, 0.3) is 0 Å². The lowest BCUT2D eigenvalue weighted by atomic mass is 10.1. The van der Waals surface area contributed by atoms with Gasteiger partial charge in [-0.2, -0.15) is 0 Å². The molecule has 0 radical (unpaired) electrons. The third kappa shape index (κ3) is 3.23. The number of hydrogen-bond acceptors (Lipinski definition) is 6. The fraction of sp³-hybridized carbons (Fsp3) is 0.211. The van der Waals surface area contributed by atoms with Crippen LogP contribution in [0, 0.1) is 0 Å². The second kappa shape index (κ2) is 6.87. The van der Waals surface area contributed by atoms with Gasteiger partial charge in [-0.15, -0.1) is 0 Å². The number of phenols is 1. The summed E-state index contributed by atoms with van der Waals surface area (Å²) in [7, 11) is 3.12. The van der Waals surface area contributed by atoms with E-state index >= 15 is 0 Å². The van der Waals surface area contributed by atoms with Crippen molar-refractivity contribution in [2.45, 2.75) is 6.42 Å². The van der Waals surface area contributed by atoms with E-state index in [4.69, 9.17) is 9.47 Å². The third-order valence-electron chi connectivity index (χ3n) is 4.24. The molecule has 134 valence electrons. The Balaban J connectivity index is 1.67. The van der Waals surface area contributed by atoms with Gasteiger partial charge in [0, 0.05) is 24.4 Å². The molecule has 0 saturated heterocycles. The number of carbonyl (C=O) groups excluding carboxylic acids is 3. The molecule has 2 aromatic carbocycles. The number of benzene rings is 2. The summed E-state index contributed by atoms with van der Waals surface area (Å²) < 4.78 is 9.94. The van der Waals surface area contributed by atoms with Gasteiger partial charge in [0.2, 0.25) is 5.91 Å². The van der Waals surface area contributed by atoms with Crippen molar-refractivity contribution in [2.75, 3.05) is 25.7 Å². The van der Waals surface area contributed by atoms with Crippen molar-refractivity contribution in [3.63, 3.8) is 0 Å². The number of ketones is 1. The van der Waals surface area contributed by atoms with Gasteiger partial charge in [0.25, 0.3) is 0 Å². The third-order valence-corrected chi connectivity index (χ3v) is 4.24. The van der Waals surface area contributed by atoms with E-state index in [1.807, 2.05) is 0 Å². The minimum absolute atomic E-state index is 0.0361. The fourth-order valence-electron chi connectivity index (χ4n) is 2.75. The highest BCUT2D eigenvalue weighted by atomic mass is 16.5. The Morgan fingerprint density at radius 1 is 1.19 bits per heavy atom. The molecule has 26 heavy (non-hydrogen) atoms. The van der Waals surface area contributed by atoms with Crippen molar-refractivity contribution < 1.29 is 29.0 Å². The number of Topliss-reactive ketones (excluding diaryl/α,β-unsaturated/α-hetero) is 1. The van der Waals surface area contributed by atoms with Crippen molar-refractivity contribution in [1.82, 2.24) is 0 Å². The number of ether oxygens (including phenoxy) is 2. The van der Waals surface area contributed by atoms with Crippen molar-refractivity contribution in [3.05, 3.63) is 53.1 Å². The lowest BCUT2D eigenvalue weighted by Gasteiger charge is -2.10. The average Bonchev–Trinajstić information content (AvgIpc) is 2.92. The summed E-state index contributed by atoms with van der Waals surface area (Å²) in [5, 5.41) is 9.83. The van der Waals surface area contributed by atoms with Crippen LogP contribution in [-0.4, -0.2) is 43.5 Å². The molecule has 7 heteroatoms. The molecule has 0 saturated carbocycles. The zero-order chi connectivity index (χ0) is 18.8. The zero-order valence-corrected chi connectivity index (χ0v) is 14.3. The van der Waals surface area contributed by atoms with E-state index in [1.54, 1.807) is 25.2 Å². The molecule has 0 bridgehead atoms. The highest BCUT2D eigenvalue weighted by Gasteiger charge is 2.25. The monoisotopic (exact) mass is 355 g/mol. The minimum Gasteiger partial charge on any atom is -0.507 e. The van der Waals surface area contributed by atoms with Crippen LogP contribution in [0.4, 0.5) is 5.69 Å². The number of fused-ring (bicyclic) bond motifs is 1. The summed E-state index contributed by atoms with van der Waals surface area (Å²) in [4.78, 5) is 37.6. The van der Waals surface area contributed by atoms with E-state index in [-0.39, 0.29) is 23.6 Å². The van der Waals surface area contributed by atoms with Crippen molar-refractivity contribution >= 4 is 23.3 Å². The van der Waals surface area contributed by atoms with E-state index in [1.165, 1.54) is 30.2 Å². The number of rotatable bonds is 5. The van der Waals surface area contributed by atoms with Gasteiger partial charge in [0.15, 0.2) is 12.4 Å². The van der Waals surface area contributed by atoms with Crippen LogP contribution in [0.3, 0.4) is 0 Å².